The summed E-state index contributed by atoms with van der Waals surface area (Å²) in [6.07, 6.45) is 1.67. The Morgan fingerprint density at radius 2 is 2.33 bits per heavy atom. The van der Waals surface area contributed by atoms with Crippen molar-refractivity contribution in [2.24, 2.45) is 0 Å². The first kappa shape index (κ1) is 13.3. The molecule has 0 saturated carbocycles. The Hall–Kier alpha value is -1.14. The standard InChI is InChI=1S/C12H12BrNO3S/c1-3-17-12(15)10-7(6-13)9-8(18-10)4-5-14-11(9)16-2/h4-5H,3,6H2,1-2H3. The number of alkyl halides is 1. The van der Waals surface area contributed by atoms with E-state index < -0.39 is 0 Å². The number of carbonyl (C=O) groups excluding carboxylic acids is 1. The number of aromatic nitrogens is 1. The van der Waals surface area contributed by atoms with Crippen LogP contribution >= 0.6 is 27.3 Å². The molecule has 0 radical (unpaired) electrons. The van der Waals surface area contributed by atoms with Crippen LogP contribution in [0.2, 0.25) is 0 Å². The van der Waals surface area contributed by atoms with Crippen molar-refractivity contribution in [3.8, 4) is 5.88 Å². The summed E-state index contributed by atoms with van der Waals surface area (Å²) >= 11 is 4.81. The number of hydrogen-bond donors (Lipinski definition) is 0. The zero-order chi connectivity index (χ0) is 13.1. The van der Waals surface area contributed by atoms with Gasteiger partial charge in [-0.2, -0.15) is 0 Å². The molecule has 0 saturated heterocycles. The van der Waals surface area contributed by atoms with Crippen LogP contribution in [-0.2, 0) is 10.1 Å². The molecule has 6 heteroatoms. The van der Waals surface area contributed by atoms with Crippen LogP contribution in [0.3, 0.4) is 0 Å². The fraction of sp³-hybridized carbons (Fsp3) is 0.333. The van der Waals surface area contributed by atoms with E-state index in [0.29, 0.717) is 22.7 Å². The third-order valence-corrected chi connectivity index (χ3v) is 4.19. The minimum Gasteiger partial charge on any atom is -0.481 e. The first-order valence-corrected chi connectivity index (χ1v) is 7.34. The van der Waals surface area contributed by atoms with Crippen molar-refractivity contribution in [3.63, 3.8) is 0 Å². The molecule has 2 aromatic heterocycles. The minimum absolute atomic E-state index is 0.296. The lowest BCUT2D eigenvalue weighted by atomic mass is 10.2. The number of rotatable bonds is 4. The second-order valence-corrected chi connectivity index (χ2v) is 5.07. The second-order valence-electron chi connectivity index (χ2n) is 3.46. The number of halogens is 1. The van der Waals surface area contributed by atoms with Crippen LogP contribution in [0.15, 0.2) is 12.3 Å². The summed E-state index contributed by atoms with van der Waals surface area (Å²) < 4.78 is 11.3. The number of pyridine rings is 1. The molecule has 0 spiro atoms. The third kappa shape index (κ3) is 2.22. The molecule has 18 heavy (non-hydrogen) atoms. The Labute approximate surface area is 117 Å². The van der Waals surface area contributed by atoms with E-state index in [1.807, 2.05) is 6.07 Å². The van der Waals surface area contributed by atoms with Crippen molar-refractivity contribution in [3.05, 3.63) is 22.7 Å². The molecule has 0 amide bonds. The Bertz CT molecular complexity index is 582. The molecule has 0 aromatic carbocycles. The molecule has 4 nitrogen and oxygen atoms in total. The van der Waals surface area contributed by atoms with Gasteiger partial charge in [-0.05, 0) is 13.0 Å². The third-order valence-electron chi connectivity index (χ3n) is 2.45. The zero-order valence-corrected chi connectivity index (χ0v) is 12.4. The van der Waals surface area contributed by atoms with Gasteiger partial charge in [-0.1, -0.05) is 15.9 Å². The molecular weight excluding hydrogens is 318 g/mol. The Balaban J connectivity index is 2.65. The normalized spacial score (nSPS) is 10.6. The molecule has 0 aliphatic heterocycles. The van der Waals surface area contributed by atoms with E-state index >= 15 is 0 Å². The number of methoxy groups -OCH3 is 1. The Morgan fingerprint density at radius 3 is 2.94 bits per heavy atom. The summed E-state index contributed by atoms with van der Waals surface area (Å²) in [6.45, 7) is 2.16. The summed E-state index contributed by atoms with van der Waals surface area (Å²) in [7, 11) is 1.57. The molecule has 0 bridgehead atoms. The van der Waals surface area contributed by atoms with Crippen LogP contribution in [0.5, 0.6) is 5.88 Å². The van der Waals surface area contributed by atoms with E-state index in [4.69, 9.17) is 9.47 Å². The predicted octanol–water partition coefficient (Wildman–Crippen LogP) is 3.38. The summed E-state index contributed by atoms with van der Waals surface area (Å²) in [6, 6.07) is 1.87. The van der Waals surface area contributed by atoms with Gasteiger partial charge in [-0.3, -0.25) is 0 Å². The Morgan fingerprint density at radius 1 is 1.56 bits per heavy atom. The summed E-state index contributed by atoms with van der Waals surface area (Å²) in [5.41, 5.74) is 0.874. The number of carbonyl (C=O) groups is 1. The molecule has 2 heterocycles. The van der Waals surface area contributed by atoms with Crippen molar-refractivity contribution < 1.29 is 14.3 Å². The SMILES string of the molecule is CCOC(=O)c1sc2ccnc(OC)c2c1CBr. The molecule has 0 N–H and O–H groups in total. The highest BCUT2D eigenvalue weighted by Gasteiger charge is 2.21. The summed E-state index contributed by atoms with van der Waals surface area (Å²) in [4.78, 5) is 16.7. The lowest BCUT2D eigenvalue weighted by Gasteiger charge is -2.03. The largest absolute Gasteiger partial charge is 0.481 e. The van der Waals surface area contributed by atoms with Crippen molar-refractivity contribution in [2.75, 3.05) is 13.7 Å². The quantitative estimate of drug-likeness (QED) is 0.637. The van der Waals surface area contributed by atoms with Gasteiger partial charge in [0.1, 0.15) is 4.88 Å². The van der Waals surface area contributed by atoms with Gasteiger partial charge in [-0.25, -0.2) is 9.78 Å². The lowest BCUT2D eigenvalue weighted by Crippen LogP contribution is -2.04. The van der Waals surface area contributed by atoms with E-state index in [1.54, 1.807) is 20.2 Å². The van der Waals surface area contributed by atoms with Gasteiger partial charge in [0.2, 0.25) is 5.88 Å². The number of ether oxygens (including phenoxy) is 2. The number of esters is 1. The van der Waals surface area contributed by atoms with Crippen LogP contribution in [0, 0.1) is 0 Å². The Kier molecular flexibility index (Phi) is 4.19. The molecule has 96 valence electrons. The predicted molar refractivity (Wildman–Crippen MR) is 74.8 cm³/mol. The highest BCUT2D eigenvalue weighted by molar-refractivity contribution is 9.08. The van der Waals surface area contributed by atoms with Gasteiger partial charge in [0.15, 0.2) is 0 Å². The van der Waals surface area contributed by atoms with Gasteiger partial charge in [0.05, 0.1) is 19.1 Å². The molecule has 0 aliphatic carbocycles. The van der Waals surface area contributed by atoms with Crippen LogP contribution in [0.1, 0.15) is 22.2 Å². The maximum atomic E-state index is 11.9. The van der Waals surface area contributed by atoms with E-state index in [2.05, 4.69) is 20.9 Å². The molecule has 2 aromatic rings. The maximum Gasteiger partial charge on any atom is 0.348 e. The highest BCUT2D eigenvalue weighted by atomic mass is 79.9. The first-order valence-electron chi connectivity index (χ1n) is 5.40. The van der Waals surface area contributed by atoms with Crippen LogP contribution in [0.4, 0.5) is 0 Å². The molecule has 0 atom stereocenters. The minimum atomic E-state index is -0.296. The van der Waals surface area contributed by atoms with E-state index in [0.717, 1.165) is 15.6 Å². The van der Waals surface area contributed by atoms with Gasteiger partial charge >= 0.3 is 5.97 Å². The summed E-state index contributed by atoms with van der Waals surface area (Å²) in [5.74, 6) is 0.240. The molecular formula is C12H12BrNO3S. The lowest BCUT2D eigenvalue weighted by molar-refractivity contribution is 0.0531. The van der Waals surface area contributed by atoms with E-state index in [9.17, 15) is 4.79 Å². The van der Waals surface area contributed by atoms with Crippen molar-refractivity contribution >= 4 is 43.3 Å². The number of thiophene rings is 1. The average molecular weight is 330 g/mol. The fourth-order valence-corrected chi connectivity index (χ4v) is 3.57. The van der Waals surface area contributed by atoms with Crippen LogP contribution in [0.25, 0.3) is 10.1 Å². The van der Waals surface area contributed by atoms with E-state index in [-0.39, 0.29) is 5.97 Å². The van der Waals surface area contributed by atoms with Crippen LogP contribution < -0.4 is 4.74 Å². The molecule has 0 aliphatic rings. The number of nitrogens with zero attached hydrogens (tertiary/aromatic N) is 1. The van der Waals surface area contributed by atoms with Gasteiger partial charge in [0, 0.05) is 21.8 Å². The number of hydrogen-bond acceptors (Lipinski definition) is 5. The average Bonchev–Trinajstić information content (AvgIpc) is 2.77. The molecule has 0 unspecified atom stereocenters. The smallest absolute Gasteiger partial charge is 0.348 e. The highest BCUT2D eigenvalue weighted by Crippen LogP contribution is 2.37. The van der Waals surface area contributed by atoms with Crippen molar-refractivity contribution in [1.82, 2.24) is 4.98 Å². The molecule has 2 rings (SSSR count). The van der Waals surface area contributed by atoms with Gasteiger partial charge in [-0.15, -0.1) is 11.3 Å². The summed E-state index contributed by atoms with van der Waals surface area (Å²) in [5, 5.41) is 1.44. The van der Waals surface area contributed by atoms with Crippen molar-refractivity contribution in [1.29, 1.82) is 0 Å². The second kappa shape index (κ2) is 5.67. The fourth-order valence-electron chi connectivity index (χ4n) is 1.72. The first-order chi connectivity index (χ1) is 8.72. The maximum absolute atomic E-state index is 11.9. The zero-order valence-electron chi connectivity index (χ0n) is 10.0. The van der Waals surface area contributed by atoms with Crippen molar-refractivity contribution in [2.45, 2.75) is 12.3 Å². The van der Waals surface area contributed by atoms with Gasteiger partial charge in [0.25, 0.3) is 0 Å². The van der Waals surface area contributed by atoms with Crippen LogP contribution in [-0.4, -0.2) is 24.7 Å². The van der Waals surface area contributed by atoms with Gasteiger partial charge < -0.3 is 9.47 Å². The van der Waals surface area contributed by atoms with E-state index in [1.165, 1.54) is 11.3 Å². The number of fused-ring (bicyclic) bond motifs is 1. The monoisotopic (exact) mass is 329 g/mol. The topological polar surface area (TPSA) is 48.4 Å². The molecule has 0 fully saturated rings.